The standard InChI is InChI=1S/C24H7F7O6/c25-8-1-2-9(14(28)7-8)23(24(29,30)31,10-3-5-12(26)17-15(10)19(32)36-21(17)34)11-4-6-13(27)18-16(11)20(33)37-22(18)35/h1-7H. The number of carbonyl (C=O) groups excluding carboxylic acids is 4. The molecular weight excluding hydrogens is 517 g/mol. The number of cyclic esters (lactones) is 4. The molecule has 2 aliphatic rings. The van der Waals surface area contributed by atoms with E-state index in [0.717, 1.165) is 0 Å². The molecule has 0 saturated carbocycles. The SMILES string of the molecule is O=C1OC(=O)c2c(C(c3ccc(F)cc3F)(c3ccc(F)c4c3C(=O)OC4=O)C(F)(F)F)ccc(F)c21. The number of carbonyl (C=O) groups is 4. The maximum atomic E-state index is 15.4. The van der Waals surface area contributed by atoms with Crippen molar-refractivity contribution in [1.82, 2.24) is 0 Å². The van der Waals surface area contributed by atoms with Crippen LogP contribution in [0.3, 0.4) is 0 Å². The van der Waals surface area contributed by atoms with Gasteiger partial charge in [-0.25, -0.2) is 36.7 Å². The van der Waals surface area contributed by atoms with Gasteiger partial charge in [-0.2, -0.15) is 13.2 Å². The van der Waals surface area contributed by atoms with E-state index in [1.807, 2.05) is 0 Å². The summed E-state index contributed by atoms with van der Waals surface area (Å²) in [6, 6.07) is 2.35. The average Bonchev–Trinajstić information content (AvgIpc) is 3.27. The summed E-state index contributed by atoms with van der Waals surface area (Å²) < 4.78 is 113. The Morgan fingerprint density at radius 1 is 0.514 bits per heavy atom. The maximum absolute atomic E-state index is 15.4. The second-order valence-corrected chi connectivity index (χ2v) is 7.92. The minimum absolute atomic E-state index is 0.0657. The molecule has 0 N–H and O–H groups in total. The Bertz CT molecular complexity index is 1510. The van der Waals surface area contributed by atoms with Gasteiger partial charge in [-0.15, -0.1) is 0 Å². The first kappa shape index (κ1) is 24.2. The lowest BCUT2D eigenvalue weighted by atomic mass is 9.65. The van der Waals surface area contributed by atoms with Crippen LogP contribution >= 0.6 is 0 Å². The molecule has 0 saturated heterocycles. The summed E-state index contributed by atoms with van der Waals surface area (Å²) in [5.74, 6) is -12.8. The second kappa shape index (κ2) is 7.72. The molecule has 5 rings (SSSR count). The third kappa shape index (κ3) is 3.12. The zero-order chi connectivity index (χ0) is 27.0. The molecule has 13 heteroatoms. The Kier molecular flexibility index (Phi) is 5.04. The van der Waals surface area contributed by atoms with E-state index >= 15 is 17.6 Å². The summed E-state index contributed by atoms with van der Waals surface area (Å²) in [5.41, 5.74) is -13.0. The Labute approximate surface area is 200 Å². The summed E-state index contributed by atoms with van der Waals surface area (Å²) in [6.07, 6.45) is -5.78. The predicted octanol–water partition coefficient (Wildman–Crippen LogP) is 4.76. The van der Waals surface area contributed by atoms with Crippen molar-refractivity contribution >= 4 is 23.9 Å². The zero-order valence-electron chi connectivity index (χ0n) is 17.6. The van der Waals surface area contributed by atoms with Crippen LogP contribution in [0.1, 0.15) is 58.1 Å². The van der Waals surface area contributed by atoms with Gasteiger partial charge in [0.25, 0.3) is 0 Å². The summed E-state index contributed by atoms with van der Waals surface area (Å²) in [4.78, 5) is 49.1. The van der Waals surface area contributed by atoms with E-state index in [1.165, 1.54) is 0 Å². The van der Waals surface area contributed by atoms with Crippen LogP contribution in [0.5, 0.6) is 0 Å². The van der Waals surface area contributed by atoms with Crippen LogP contribution in [0, 0.1) is 23.3 Å². The molecule has 0 radical (unpaired) electrons. The van der Waals surface area contributed by atoms with Crippen molar-refractivity contribution in [3.63, 3.8) is 0 Å². The van der Waals surface area contributed by atoms with Gasteiger partial charge in [0.05, 0.1) is 11.1 Å². The van der Waals surface area contributed by atoms with E-state index in [2.05, 4.69) is 9.47 Å². The molecule has 3 aromatic carbocycles. The molecule has 3 aromatic rings. The van der Waals surface area contributed by atoms with Gasteiger partial charge in [-0.05, 0) is 29.3 Å². The molecule has 188 valence electrons. The van der Waals surface area contributed by atoms with Crippen LogP contribution in [-0.4, -0.2) is 30.1 Å². The first-order valence-corrected chi connectivity index (χ1v) is 10.0. The van der Waals surface area contributed by atoms with Crippen LogP contribution in [0.4, 0.5) is 30.7 Å². The van der Waals surface area contributed by atoms with E-state index < -0.39 is 97.7 Å². The number of esters is 4. The van der Waals surface area contributed by atoms with Gasteiger partial charge >= 0.3 is 30.1 Å². The maximum Gasteiger partial charge on any atom is 0.406 e. The van der Waals surface area contributed by atoms with Gasteiger partial charge in [-0.1, -0.05) is 18.2 Å². The van der Waals surface area contributed by atoms with E-state index in [0.29, 0.717) is 36.4 Å². The second-order valence-electron chi connectivity index (χ2n) is 7.92. The first-order valence-electron chi connectivity index (χ1n) is 10.0. The molecule has 0 amide bonds. The topological polar surface area (TPSA) is 86.7 Å². The number of hydrogen-bond donors (Lipinski definition) is 0. The first-order chi connectivity index (χ1) is 17.3. The van der Waals surface area contributed by atoms with E-state index in [1.54, 1.807) is 0 Å². The lowest BCUT2D eigenvalue weighted by Gasteiger charge is -2.39. The molecule has 0 bridgehead atoms. The minimum atomic E-state index is -5.78. The summed E-state index contributed by atoms with van der Waals surface area (Å²) in [7, 11) is 0. The van der Waals surface area contributed by atoms with Crippen LogP contribution in [-0.2, 0) is 14.9 Å². The number of halogens is 7. The van der Waals surface area contributed by atoms with Gasteiger partial charge in [0.15, 0.2) is 0 Å². The van der Waals surface area contributed by atoms with Gasteiger partial charge in [0.1, 0.15) is 39.8 Å². The lowest BCUT2D eigenvalue weighted by molar-refractivity contribution is -0.167. The van der Waals surface area contributed by atoms with Crippen molar-refractivity contribution in [3.05, 3.63) is 105 Å². The van der Waals surface area contributed by atoms with Crippen LogP contribution < -0.4 is 0 Å². The Balaban J connectivity index is 2.07. The third-order valence-electron chi connectivity index (χ3n) is 6.06. The van der Waals surface area contributed by atoms with Crippen molar-refractivity contribution < 1.29 is 59.4 Å². The highest BCUT2D eigenvalue weighted by atomic mass is 19.4. The van der Waals surface area contributed by atoms with Crippen LogP contribution in [0.25, 0.3) is 0 Å². The number of rotatable bonds is 3. The summed E-state index contributed by atoms with van der Waals surface area (Å²) in [5, 5.41) is 0. The van der Waals surface area contributed by atoms with E-state index in [4.69, 9.17) is 0 Å². The van der Waals surface area contributed by atoms with Crippen molar-refractivity contribution in [2.45, 2.75) is 11.6 Å². The third-order valence-corrected chi connectivity index (χ3v) is 6.06. The summed E-state index contributed by atoms with van der Waals surface area (Å²) >= 11 is 0. The van der Waals surface area contributed by atoms with Crippen LogP contribution in [0.2, 0.25) is 0 Å². The number of hydrogen-bond acceptors (Lipinski definition) is 6. The molecule has 0 spiro atoms. The highest BCUT2D eigenvalue weighted by Crippen LogP contribution is 2.55. The quantitative estimate of drug-likeness (QED) is 0.213. The number of benzene rings is 3. The molecule has 37 heavy (non-hydrogen) atoms. The van der Waals surface area contributed by atoms with Gasteiger partial charge in [0.2, 0.25) is 0 Å². The van der Waals surface area contributed by atoms with E-state index in [-0.39, 0.29) is 6.07 Å². The molecule has 0 aliphatic carbocycles. The highest BCUT2D eigenvalue weighted by molar-refractivity contribution is 6.17. The lowest BCUT2D eigenvalue weighted by Crippen LogP contribution is -2.47. The normalized spacial score (nSPS) is 15.0. The minimum Gasteiger partial charge on any atom is -0.386 e. The molecule has 0 atom stereocenters. The van der Waals surface area contributed by atoms with Gasteiger partial charge in [-0.3, -0.25) is 0 Å². The van der Waals surface area contributed by atoms with Crippen LogP contribution in [0.15, 0.2) is 42.5 Å². The largest absolute Gasteiger partial charge is 0.406 e. The number of alkyl halides is 3. The molecule has 2 aliphatic heterocycles. The van der Waals surface area contributed by atoms with Crippen molar-refractivity contribution in [2.24, 2.45) is 0 Å². The van der Waals surface area contributed by atoms with Crippen molar-refractivity contribution in [3.8, 4) is 0 Å². The van der Waals surface area contributed by atoms with Gasteiger partial charge < -0.3 is 9.47 Å². The molecule has 0 unspecified atom stereocenters. The fraction of sp³-hybridized carbons (Fsp3) is 0.0833. The monoisotopic (exact) mass is 524 g/mol. The fourth-order valence-electron chi connectivity index (χ4n) is 4.66. The fourth-order valence-corrected chi connectivity index (χ4v) is 4.66. The number of fused-ring (bicyclic) bond motifs is 2. The molecule has 0 aromatic heterocycles. The average molecular weight is 524 g/mol. The summed E-state index contributed by atoms with van der Waals surface area (Å²) in [6.45, 7) is 0. The van der Waals surface area contributed by atoms with Crippen molar-refractivity contribution in [1.29, 1.82) is 0 Å². The molecule has 0 fully saturated rings. The predicted molar refractivity (Wildman–Crippen MR) is 105 cm³/mol. The Morgan fingerprint density at radius 3 is 1.32 bits per heavy atom. The Morgan fingerprint density at radius 2 is 0.919 bits per heavy atom. The zero-order valence-corrected chi connectivity index (χ0v) is 17.6. The smallest absolute Gasteiger partial charge is 0.386 e. The molecular formula is C24H7F7O6. The molecule has 6 nitrogen and oxygen atoms in total. The molecule has 2 heterocycles. The van der Waals surface area contributed by atoms with Crippen molar-refractivity contribution in [2.75, 3.05) is 0 Å². The van der Waals surface area contributed by atoms with E-state index in [9.17, 15) is 32.3 Å². The van der Waals surface area contributed by atoms with Gasteiger partial charge in [0, 0.05) is 11.6 Å². The number of ether oxygens (including phenoxy) is 2. The Hall–Kier alpha value is -4.55. The highest BCUT2D eigenvalue weighted by Gasteiger charge is 2.64.